The lowest BCUT2D eigenvalue weighted by atomic mass is 10.0. The highest BCUT2D eigenvalue weighted by Crippen LogP contribution is 2.19. The third kappa shape index (κ3) is 5.43. The molecule has 1 aliphatic heterocycles. The molecule has 0 aliphatic carbocycles. The van der Waals surface area contributed by atoms with E-state index in [-0.39, 0.29) is 12.3 Å². The minimum atomic E-state index is -1.03. The van der Waals surface area contributed by atoms with Gasteiger partial charge >= 0.3 is 0 Å². The Labute approximate surface area is 187 Å². The molecule has 0 aromatic heterocycles. The first-order chi connectivity index (χ1) is 15.6. The molecule has 1 atom stereocenters. The molecule has 1 heterocycles. The van der Waals surface area contributed by atoms with Crippen molar-refractivity contribution in [3.05, 3.63) is 72.3 Å². The Balaban J connectivity index is 1.33. The topological polar surface area (TPSA) is 90.9 Å². The van der Waals surface area contributed by atoms with Gasteiger partial charge in [0.25, 0.3) is 0 Å². The molecule has 0 saturated carbocycles. The number of rotatable bonds is 7. The maximum absolute atomic E-state index is 12.6. The summed E-state index contributed by atoms with van der Waals surface area (Å²) in [6, 6.07) is 20.2. The number of carbonyl (C=O) groups is 2. The van der Waals surface area contributed by atoms with E-state index in [1.165, 1.54) is 0 Å². The number of nitrogens with one attached hydrogen (secondary N) is 2. The quantitative estimate of drug-likeness (QED) is 0.532. The number of aliphatic hydroxyl groups excluding tert-OH is 1. The van der Waals surface area contributed by atoms with Crippen molar-refractivity contribution >= 4 is 34.0 Å². The molecule has 0 bridgehead atoms. The molecule has 3 aromatic rings. The van der Waals surface area contributed by atoms with Gasteiger partial charge in [0.05, 0.1) is 26.2 Å². The molecular weight excluding hydrogens is 406 g/mol. The summed E-state index contributed by atoms with van der Waals surface area (Å²) in [5.74, 6) is -0.782. The zero-order chi connectivity index (χ0) is 22.3. The van der Waals surface area contributed by atoms with Gasteiger partial charge < -0.3 is 25.4 Å². The van der Waals surface area contributed by atoms with Crippen molar-refractivity contribution in [2.75, 3.05) is 43.1 Å². The van der Waals surface area contributed by atoms with Gasteiger partial charge in [-0.25, -0.2) is 0 Å². The van der Waals surface area contributed by atoms with Crippen LogP contribution in [-0.4, -0.2) is 55.9 Å². The molecule has 166 valence electrons. The van der Waals surface area contributed by atoms with Crippen molar-refractivity contribution in [2.24, 2.45) is 0 Å². The van der Waals surface area contributed by atoms with Crippen molar-refractivity contribution in [3.8, 4) is 0 Å². The van der Waals surface area contributed by atoms with Gasteiger partial charge in [-0.1, -0.05) is 42.5 Å². The molecule has 4 rings (SSSR count). The van der Waals surface area contributed by atoms with E-state index in [0.29, 0.717) is 18.9 Å². The van der Waals surface area contributed by atoms with Crippen LogP contribution in [0.3, 0.4) is 0 Å². The van der Waals surface area contributed by atoms with Gasteiger partial charge in [0, 0.05) is 24.5 Å². The van der Waals surface area contributed by atoms with Crippen molar-refractivity contribution in [1.29, 1.82) is 0 Å². The van der Waals surface area contributed by atoms with Crippen molar-refractivity contribution in [3.63, 3.8) is 0 Å². The summed E-state index contributed by atoms with van der Waals surface area (Å²) >= 11 is 0. The fourth-order valence-corrected chi connectivity index (χ4v) is 3.78. The highest BCUT2D eigenvalue weighted by Gasteiger charge is 2.20. The molecule has 7 nitrogen and oxygen atoms in total. The van der Waals surface area contributed by atoms with Gasteiger partial charge in [-0.15, -0.1) is 0 Å². The standard InChI is InChI=1S/C25H27N3O4/c29-17-23(27-24(30)16-18-5-6-19-3-1-2-4-20(19)15-18)25(31)26-21-7-9-22(10-8-21)28-11-13-32-14-12-28/h1-10,15,23,29H,11-14,16-17H2,(H,26,31)(H,27,30)/t23-/m0/s1. The normalized spacial score (nSPS) is 14.7. The van der Waals surface area contributed by atoms with E-state index in [2.05, 4.69) is 15.5 Å². The molecule has 1 saturated heterocycles. The second-order valence-electron chi connectivity index (χ2n) is 7.80. The molecule has 0 spiro atoms. The predicted molar refractivity (Wildman–Crippen MR) is 125 cm³/mol. The number of carbonyl (C=O) groups excluding carboxylic acids is 2. The largest absolute Gasteiger partial charge is 0.394 e. The summed E-state index contributed by atoms with van der Waals surface area (Å²) in [5, 5.41) is 17.2. The molecule has 0 radical (unpaired) electrons. The molecular formula is C25H27N3O4. The van der Waals surface area contributed by atoms with Crippen LogP contribution in [0.25, 0.3) is 10.8 Å². The summed E-state index contributed by atoms with van der Waals surface area (Å²) in [4.78, 5) is 27.3. The molecule has 1 aliphatic rings. The minimum absolute atomic E-state index is 0.128. The van der Waals surface area contributed by atoms with Crippen LogP contribution in [0.2, 0.25) is 0 Å². The first kappa shape index (κ1) is 21.8. The van der Waals surface area contributed by atoms with Crippen LogP contribution in [0.4, 0.5) is 11.4 Å². The highest BCUT2D eigenvalue weighted by atomic mass is 16.5. The van der Waals surface area contributed by atoms with Crippen LogP contribution in [0.1, 0.15) is 5.56 Å². The summed E-state index contributed by atoms with van der Waals surface area (Å²) in [6.45, 7) is 2.59. The van der Waals surface area contributed by atoms with E-state index in [1.54, 1.807) is 0 Å². The van der Waals surface area contributed by atoms with Crippen LogP contribution < -0.4 is 15.5 Å². The van der Waals surface area contributed by atoms with E-state index in [0.717, 1.165) is 35.1 Å². The zero-order valence-corrected chi connectivity index (χ0v) is 17.8. The Bertz CT molecular complexity index is 1080. The maximum atomic E-state index is 12.6. The van der Waals surface area contributed by atoms with Gasteiger partial charge in [-0.05, 0) is 40.6 Å². The summed E-state index contributed by atoms with van der Waals surface area (Å²) in [5.41, 5.74) is 2.51. The lowest BCUT2D eigenvalue weighted by molar-refractivity contribution is -0.126. The lowest BCUT2D eigenvalue weighted by Gasteiger charge is -2.29. The predicted octanol–water partition coefficient (Wildman–Crippen LogP) is 2.33. The second kappa shape index (κ2) is 10.3. The first-order valence-corrected chi connectivity index (χ1v) is 10.7. The van der Waals surface area contributed by atoms with E-state index >= 15 is 0 Å². The molecule has 2 amide bonds. The second-order valence-corrected chi connectivity index (χ2v) is 7.80. The number of anilines is 2. The molecule has 3 N–H and O–H groups in total. The highest BCUT2D eigenvalue weighted by molar-refractivity contribution is 5.97. The fourth-order valence-electron chi connectivity index (χ4n) is 3.78. The average Bonchev–Trinajstić information content (AvgIpc) is 2.83. The van der Waals surface area contributed by atoms with E-state index in [1.807, 2.05) is 66.7 Å². The maximum Gasteiger partial charge on any atom is 0.249 e. The van der Waals surface area contributed by atoms with Gasteiger partial charge in [-0.2, -0.15) is 0 Å². The zero-order valence-electron chi connectivity index (χ0n) is 17.8. The third-order valence-corrected chi connectivity index (χ3v) is 5.52. The molecule has 32 heavy (non-hydrogen) atoms. The fraction of sp³-hybridized carbons (Fsp3) is 0.280. The van der Waals surface area contributed by atoms with E-state index < -0.39 is 18.6 Å². The van der Waals surface area contributed by atoms with E-state index in [4.69, 9.17) is 4.74 Å². The Kier molecular flexibility index (Phi) is 6.99. The van der Waals surface area contributed by atoms with E-state index in [9.17, 15) is 14.7 Å². The smallest absolute Gasteiger partial charge is 0.249 e. The molecule has 0 unspecified atom stereocenters. The van der Waals surface area contributed by atoms with Crippen molar-refractivity contribution in [1.82, 2.24) is 5.32 Å². The van der Waals surface area contributed by atoms with Crippen LogP contribution in [0, 0.1) is 0 Å². The van der Waals surface area contributed by atoms with Crippen LogP contribution in [-0.2, 0) is 20.7 Å². The van der Waals surface area contributed by atoms with Gasteiger partial charge in [0.2, 0.25) is 11.8 Å². The van der Waals surface area contributed by atoms with Crippen LogP contribution >= 0.6 is 0 Å². The number of hydrogen-bond acceptors (Lipinski definition) is 5. The first-order valence-electron chi connectivity index (χ1n) is 10.7. The minimum Gasteiger partial charge on any atom is -0.394 e. The summed E-state index contributed by atoms with van der Waals surface area (Å²) in [6.07, 6.45) is 0.128. The summed E-state index contributed by atoms with van der Waals surface area (Å²) < 4.78 is 5.37. The number of aliphatic hydroxyl groups is 1. The molecule has 3 aromatic carbocycles. The van der Waals surface area contributed by atoms with Crippen LogP contribution in [0.5, 0.6) is 0 Å². The van der Waals surface area contributed by atoms with Gasteiger partial charge in [0.15, 0.2) is 0 Å². The Morgan fingerprint density at radius 1 is 0.969 bits per heavy atom. The average molecular weight is 434 g/mol. The molecule has 1 fully saturated rings. The monoisotopic (exact) mass is 433 g/mol. The molecule has 7 heteroatoms. The van der Waals surface area contributed by atoms with Crippen LogP contribution in [0.15, 0.2) is 66.7 Å². The van der Waals surface area contributed by atoms with Gasteiger partial charge in [0.1, 0.15) is 6.04 Å². The Morgan fingerprint density at radius 3 is 2.41 bits per heavy atom. The van der Waals surface area contributed by atoms with Crippen molar-refractivity contribution < 1.29 is 19.4 Å². The number of morpholine rings is 1. The number of benzene rings is 3. The summed E-state index contributed by atoms with van der Waals surface area (Å²) in [7, 11) is 0. The Morgan fingerprint density at radius 2 is 1.69 bits per heavy atom. The van der Waals surface area contributed by atoms with Crippen molar-refractivity contribution in [2.45, 2.75) is 12.5 Å². The Hall–Kier alpha value is -3.42. The lowest BCUT2D eigenvalue weighted by Crippen LogP contribution is -2.46. The third-order valence-electron chi connectivity index (χ3n) is 5.52. The number of ether oxygens (including phenoxy) is 1. The number of nitrogens with zero attached hydrogens (tertiary/aromatic N) is 1. The number of amides is 2. The van der Waals surface area contributed by atoms with Gasteiger partial charge in [-0.3, -0.25) is 9.59 Å². The number of fused-ring (bicyclic) bond motifs is 1. The SMILES string of the molecule is O=C(Cc1ccc2ccccc2c1)N[C@@H](CO)C(=O)Nc1ccc(N2CCOCC2)cc1. The number of hydrogen-bond donors (Lipinski definition) is 3.